The largest absolute Gasteiger partial charge is 0.309 e. The first kappa shape index (κ1) is 16.7. The molecule has 0 spiro atoms. The highest BCUT2D eigenvalue weighted by Crippen LogP contribution is 2.39. The number of fused-ring (bicyclic) bond motifs is 1. The molecule has 0 saturated carbocycles. The Kier molecular flexibility index (Phi) is 4.22. The van der Waals surface area contributed by atoms with Crippen LogP contribution < -0.4 is 10.5 Å². The molecular formula is C18H18ClFN2O2. The van der Waals surface area contributed by atoms with Crippen LogP contribution in [0.3, 0.4) is 0 Å². The van der Waals surface area contributed by atoms with E-state index < -0.39 is 0 Å². The van der Waals surface area contributed by atoms with Crippen LogP contribution in [0, 0.1) is 5.82 Å². The highest BCUT2D eigenvalue weighted by atomic mass is 35.5. The molecular weight excluding hydrogens is 331 g/mol. The highest BCUT2D eigenvalue weighted by molar-refractivity contribution is 6.29. The number of amides is 1. The average molecular weight is 349 g/mol. The Hall–Kier alpha value is -2.14. The van der Waals surface area contributed by atoms with Crippen molar-refractivity contribution < 1.29 is 9.18 Å². The number of hydrogen-bond donors (Lipinski definition) is 0. The van der Waals surface area contributed by atoms with Gasteiger partial charge in [-0.1, -0.05) is 26.0 Å². The van der Waals surface area contributed by atoms with Crippen molar-refractivity contribution in [1.82, 2.24) is 4.57 Å². The molecule has 0 fully saturated rings. The predicted molar refractivity (Wildman–Crippen MR) is 92.3 cm³/mol. The van der Waals surface area contributed by atoms with Crippen LogP contribution in [-0.4, -0.2) is 22.9 Å². The molecule has 0 atom stereocenters. The summed E-state index contributed by atoms with van der Waals surface area (Å²) in [4.78, 5) is 26.2. The fraction of sp³-hybridized carbons (Fsp3) is 0.333. The van der Waals surface area contributed by atoms with E-state index in [1.807, 2.05) is 13.8 Å². The second-order valence-electron chi connectivity index (χ2n) is 6.66. The molecule has 126 valence electrons. The number of pyridine rings is 1. The summed E-state index contributed by atoms with van der Waals surface area (Å²) in [6.45, 7) is 4.80. The van der Waals surface area contributed by atoms with Gasteiger partial charge in [-0.2, -0.15) is 0 Å². The maximum atomic E-state index is 13.0. The van der Waals surface area contributed by atoms with Gasteiger partial charge in [-0.15, -0.1) is 11.6 Å². The number of halogens is 2. The van der Waals surface area contributed by atoms with Crippen LogP contribution in [0.15, 0.2) is 41.3 Å². The van der Waals surface area contributed by atoms with Gasteiger partial charge in [-0.05, 0) is 23.3 Å². The van der Waals surface area contributed by atoms with E-state index in [4.69, 9.17) is 11.6 Å². The van der Waals surface area contributed by atoms with Gasteiger partial charge in [0.15, 0.2) is 0 Å². The number of rotatable bonds is 3. The van der Waals surface area contributed by atoms with Gasteiger partial charge in [0.2, 0.25) is 5.91 Å². The van der Waals surface area contributed by atoms with Crippen molar-refractivity contribution in [3.63, 3.8) is 0 Å². The zero-order valence-electron chi connectivity index (χ0n) is 13.6. The van der Waals surface area contributed by atoms with Gasteiger partial charge in [0, 0.05) is 24.2 Å². The minimum absolute atomic E-state index is 0.105. The number of aromatic nitrogens is 1. The van der Waals surface area contributed by atoms with Gasteiger partial charge < -0.3 is 9.47 Å². The van der Waals surface area contributed by atoms with E-state index in [1.165, 1.54) is 16.7 Å². The van der Waals surface area contributed by atoms with Gasteiger partial charge in [0.25, 0.3) is 5.56 Å². The third kappa shape index (κ3) is 2.96. The maximum Gasteiger partial charge on any atom is 0.251 e. The fourth-order valence-corrected chi connectivity index (χ4v) is 3.23. The van der Waals surface area contributed by atoms with Gasteiger partial charge in [-0.25, -0.2) is 4.39 Å². The van der Waals surface area contributed by atoms with Crippen LogP contribution in [0.2, 0.25) is 0 Å². The lowest BCUT2D eigenvalue weighted by Gasteiger charge is -2.19. The number of anilines is 1. The molecule has 0 saturated heterocycles. The first-order valence-electron chi connectivity index (χ1n) is 7.67. The van der Waals surface area contributed by atoms with E-state index >= 15 is 0 Å². The van der Waals surface area contributed by atoms with Crippen LogP contribution in [0.25, 0.3) is 0 Å². The van der Waals surface area contributed by atoms with E-state index in [1.54, 1.807) is 29.3 Å². The monoisotopic (exact) mass is 348 g/mol. The van der Waals surface area contributed by atoms with Gasteiger partial charge in [-0.3, -0.25) is 9.59 Å². The summed E-state index contributed by atoms with van der Waals surface area (Å²) >= 11 is 5.71. The topological polar surface area (TPSA) is 42.3 Å². The molecule has 24 heavy (non-hydrogen) atoms. The first-order valence-corrected chi connectivity index (χ1v) is 8.21. The van der Waals surface area contributed by atoms with E-state index in [9.17, 15) is 14.0 Å². The molecule has 0 unspecified atom stereocenters. The SMILES string of the molecule is CC1(C)CN(C(=O)CCl)c2cn(Cc3ccc(F)cc3)c(=O)cc21. The van der Waals surface area contributed by atoms with Crippen molar-refractivity contribution in [2.24, 2.45) is 0 Å². The summed E-state index contributed by atoms with van der Waals surface area (Å²) in [6.07, 6.45) is 1.69. The summed E-state index contributed by atoms with van der Waals surface area (Å²) in [7, 11) is 0. The minimum atomic E-state index is -0.319. The van der Waals surface area contributed by atoms with Gasteiger partial charge in [0.1, 0.15) is 11.7 Å². The Morgan fingerprint density at radius 3 is 2.58 bits per heavy atom. The molecule has 3 rings (SSSR count). The molecule has 1 aromatic heterocycles. The average Bonchev–Trinajstić information content (AvgIpc) is 2.80. The lowest BCUT2D eigenvalue weighted by Crippen LogP contribution is -2.34. The van der Waals surface area contributed by atoms with Crippen LogP contribution in [0.5, 0.6) is 0 Å². The number of benzene rings is 1. The zero-order chi connectivity index (χ0) is 17.5. The summed E-state index contributed by atoms with van der Waals surface area (Å²) in [5.41, 5.74) is 1.93. The third-order valence-corrected chi connectivity index (χ3v) is 4.59. The standard InChI is InChI=1S/C18H18ClFN2O2/c1-18(2)11-22(17(24)8-19)15-10-21(16(23)7-14(15)18)9-12-3-5-13(20)6-4-12/h3-7,10H,8-9,11H2,1-2H3. The second kappa shape index (κ2) is 6.06. The Morgan fingerprint density at radius 2 is 1.96 bits per heavy atom. The number of carbonyl (C=O) groups is 1. The van der Waals surface area contributed by atoms with Gasteiger partial charge in [0.05, 0.1) is 12.2 Å². The number of hydrogen-bond acceptors (Lipinski definition) is 2. The van der Waals surface area contributed by atoms with E-state index in [0.29, 0.717) is 18.8 Å². The lowest BCUT2D eigenvalue weighted by atomic mass is 9.87. The van der Waals surface area contributed by atoms with Crippen LogP contribution in [0.4, 0.5) is 10.1 Å². The predicted octanol–water partition coefficient (Wildman–Crippen LogP) is 2.90. The van der Waals surface area contributed by atoms with Crippen molar-refractivity contribution in [3.8, 4) is 0 Å². The molecule has 0 aliphatic carbocycles. The Balaban J connectivity index is 2.03. The molecule has 1 aliphatic heterocycles. The van der Waals surface area contributed by atoms with Crippen molar-refractivity contribution in [1.29, 1.82) is 0 Å². The third-order valence-electron chi connectivity index (χ3n) is 4.36. The summed E-state index contributed by atoms with van der Waals surface area (Å²) in [5.74, 6) is -0.608. The molecule has 6 heteroatoms. The maximum absolute atomic E-state index is 13.0. The number of carbonyl (C=O) groups excluding carboxylic acids is 1. The molecule has 0 N–H and O–H groups in total. The molecule has 1 aliphatic rings. The highest BCUT2D eigenvalue weighted by Gasteiger charge is 2.38. The van der Waals surface area contributed by atoms with E-state index in [-0.39, 0.29) is 28.6 Å². The second-order valence-corrected chi connectivity index (χ2v) is 6.93. The lowest BCUT2D eigenvalue weighted by molar-refractivity contribution is -0.116. The molecule has 2 aromatic rings. The zero-order valence-corrected chi connectivity index (χ0v) is 14.3. The van der Waals surface area contributed by atoms with Gasteiger partial charge >= 0.3 is 0 Å². The summed E-state index contributed by atoms with van der Waals surface area (Å²) in [6, 6.07) is 7.59. The van der Waals surface area contributed by atoms with Crippen LogP contribution in [-0.2, 0) is 16.8 Å². The Morgan fingerprint density at radius 1 is 1.29 bits per heavy atom. The number of nitrogens with zero attached hydrogens (tertiary/aromatic N) is 2. The van der Waals surface area contributed by atoms with Crippen molar-refractivity contribution in [2.45, 2.75) is 25.8 Å². The normalized spacial score (nSPS) is 15.4. The molecule has 0 bridgehead atoms. The minimum Gasteiger partial charge on any atom is -0.309 e. The molecule has 0 radical (unpaired) electrons. The fourth-order valence-electron chi connectivity index (χ4n) is 3.09. The molecule has 2 heterocycles. The van der Waals surface area contributed by atoms with E-state index in [2.05, 4.69) is 0 Å². The smallest absolute Gasteiger partial charge is 0.251 e. The molecule has 1 aromatic carbocycles. The summed E-state index contributed by atoms with van der Waals surface area (Å²) in [5, 5.41) is 0. The Bertz CT molecular complexity index is 843. The van der Waals surface area contributed by atoms with Crippen LogP contribution in [0.1, 0.15) is 25.0 Å². The molecule has 1 amide bonds. The van der Waals surface area contributed by atoms with Crippen molar-refractivity contribution in [2.75, 3.05) is 17.3 Å². The number of alkyl halides is 1. The quantitative estimate of drug-likeness (QED) is 0.800. The van der Waals surface area contributed by atoms with E-state index in [0.717, 1.165) is 11.1 Å². The first-order chi connectivity index (χ1) is 11.3. The summed E-state index contributed by atoms with van der Waals surface area (Å²) < 4.78 is 14.6. The van der Waals surface area contributed by atoms with Crippen LogP contribution >= 0.6 is 11.6 Å². The van der Waals surface area contributed by atoms with Crippen molar-refractivity contribution in [3.05, 3.63) is 63.8 Å². The van der Waals surface area contributed by atoms with Crippen molar-refractivity contribution >= 4 is 23.2 Å². The molecule has 4 nitrogen and oxygen atoms in total. The Labute approximate surface area is 144 Å².